The quantitative estimate of drug-likeness (QED) is 0.218. The Morgan fingerprint density at radius 3 is 2.20 bits per heavy atom. The second kappa shape index (κ2) is 10.6. The number of rotatable bonds is 6. The van der Waals surface area contributed by atoms with Gasteiger partial charge in [0.05, 0.1) is 0 Å². The monoisotopic (exact) mass is 543 g/mol. The number of aryl methyl sites for hydroxylation is 1. The molecule has 0 bridgehead atoms. The maximum Gasteiger partial charge on any atom is 0.0454 e. The molecule has 0 atom stereocenters. The van der Waals surface area contributed by atoms with Gasteiger partial charge in [-0.1, -0.05) is 131 Å². The highest BCUT2D eigenvalue weighted by Crippen LogP contribution is 2.50. The maximum atomic E-state index is 6.61. The van der Waals surface area contributed by atoms with E-state index in [9.17, 15) is 0 Å². The van der Waals surface area contributed by atoms with E-state index in [1.54, 1.807) is 0 Å². The van der Waals surface area contributed by atoms with Crippen LogP contribution in [0.1, 0.15) is 44.4 Å². The van der Waals surface area contributed by atoms with Gasteiger partial charge in [0.2, 0.25) is 0 Å². The zero-order valence-electron chi connectivity index (χ0n) is 24.4. The predicted molar refractivity (Wildman–Crippen MR) is 177 cm³/mol. The van der Waals surface area contributed by atoms with Crippen molar-refractivity contribution in [3.05, 3.63) is 149 Å². The molecule has 5 rings (SSSR count). The van der Waals surface area contributed by atoms with E-state index in [4.69, 9.17) is 11.6 Å². The summed E-state index contributed by atoms with van der Waals surface area (Å²) in [5, 5.41) is 5.79. The van der Waals surface area contributed by atoms with E-state index in [1.165, 1.54) is 49.6 Å². The van der Waals surface area contributed by atoms with E-state index in [2.05, 4.69) is 138 Å². The molecule has 1 aliphatic heterocycles. The summed E-state index contributed by atoms with van der Waals surface area (Å²) in [6.45, 7) is 15.7. The lowest BCUT2D eigenvalue weighted by molar-refractivity contribution is 0.643. The van der Waals surface area contributed by atoms with E-state index in [0.717, 1.165) is 5.57 Å². The molecular formula is C38H38ClN. The van der Waals surface area contributed by atoms with Gasteiger partial charge < -0.3 is 4.90 Å². The van der Waals surface area contributed by atoms with Crippen LogP contribution >= 0.6 is 11.6 Å². The number of halogens is 1. The minimum atomic E-state index is -0.222. The molecule has 0 N–H and O–H groups in total. The third-order valence-corrected chi connectivity index (χ3v) is 8.77. The fourth-order valence-electron chi connectivity index (χ4n) is 6.32. The normalized spacial score (nSPS) is 16.6. The number of hydrogen-bond donors (Lipinski definition) is 0. The summed E-state index contributed by atoms with van der Waals surface area (Å²) in [6, 6.07) is 26.0. The van der Waals surface area contributed by atoms with E-state index in [0.29, 0.717) is 5.03 Å². The summed E-state index contributed by atoms with van der Waals surface area (Å²) in [7, 11) is 2.15. The van der Waals surface area contributed by atoms with E-state index in [-0.39, 0.29) is 10.8 Å². The lowest BCUT2D eigenvalue weighted by Gasteiger charge is -2.30. The molecule has 0 aliphatic carbocycles. The van der Waals surface area contributed by atoms with Crippen LogP contribution in [0, 0.1) is 6.92 Å². The van der Waals surface area contributed by atoms with Crippen LogP contribution in [0.15, 0.2) is 132 Å². The van der Waals surface area contributed by atoms with Crippen LogP contribution < -0.4 is 4.90 Å². The van der Waals surface area contributed by atoms with Crippen LogP contribution in [0.25, 0.3) is 21.5 Å². The minimum absolute atomic E-state index is 0.117. The smallest absolute Gasteiger partial charge is 0.0454 e. The Kier molecular flexibility index (Phi) is 7.38. The van der Waals surface area contributed by atoms with Gasteiger partial charge in [-0.3, -0.25) is 0 Å². The number of benzene rings is 4. The summed E-state index contributed by atoms with van der Waals surface area (Å²) in [5.74, 6) is 0. The summed E-state index contributed by atoms with van der Waals surface area (Å²) in [5.41, 5.74) is 7.18. The molecule has 202 valence electrons. The second-order valence-corrected chi connectivity index (χ2v) is 12.3. The SMILES string of the molecule is C=C(/C=C/C=C(Cl)/C=C/C=C1\N(C)c2ccc3ccccc3c2C1(C)C)C(C)(C)c1c(C)ccc2ccccc12. The fraction of sp³-hybridized carbons (Fsp3) is 0.211. The Bertz CT molecular complexity index is 1740. The van der Waals surface area contributed by atoms with Gasteiger partial charge in [-0.25, -0.2) is 0 Å². The van der Waals surface area contributed by atoms with Crippen molar-refractivity contribution in [2.45, 2.75) is 45.4 Å². The zero-order chi connectivity index (χ0) is 28.7. The molecule has 0 saturated heterocycles. The Morgan fingerprint density at radius 1 is 0.850 bits per heavy atom. The summed E-state index contributed by atoms with van der Waals surface area (Å²) in [4.78, 5) is 2.30. The summed E-state index contributed by atoms with van der Waals surface area (Å²) < 4.78 is 0. The summed E-state index contributed by atoms with van der Waals surface area (Å²) in [6.07, 6.45) is 12.2. The molecule has 0 unspecified atom stereocenters. The van der Waals surface area contributed by atoms with Crippen molar-refractivity contribution in [3.8, 4) is 0 Å². The Hall–Kier alpha value is -3.81. The van der Waals surface area contributed by atoms with Crippen molar-refractivity contribution in [1.82, 2.24) is 0 Å². The van der Waals surface area contributed by atoms with Gasteiger partial charge >= 0.3 is 0 Å². The molecule has 0 radical (unpaired) electrons. The number of likely N-dealkylation sites (N-methyl/N-ethyl adjacent to an activating group) is 1. The molecule has 0 spiro atoms. The van der Waals surface area contributed by atoms with Crippen LogP contribution in [0.3, 0.4) is 0 Å². The Labute approximate surface area is 244 Å². The molecule has 0 fully saturated rings. The van der Waals surface area contributed by atoms with Gasteiger partial charge in [-0.15, -0.1) is 0 Å². The topological polar surface area (TPSA) is 3.24 Å². The summed E-state index contributed by atoms with van der Waals surface area (Å²) >= 11 is 6.61. The number of hydrogen-bond acceptors (Lipinski definition) is 1. The molecule has 2 heteroatoms. The first kappa shape index (κ1) is 27.7. The third kappa shape index (κ3) is 4.84. The van der Waals surface area contributed by atoms with Gasteiger partial charge in [-0.2, -0.15) is 0 Å². The first-order chi connectivity index (χ1) is 19.0. The van der Waals surface area contributed by atoms with Crippen molar-refractivity contribution in [2.75, 3.05) is 11.9 Å². The molecule has 0 amide bonds. The standard InChI is InChI=1S/C38H38ClN/c1-26-22-23-28-15-8-10-19-31(28)35(26)37(3,4)27(2)14-12-17-30(39)18-13-21-34-38(5,6)36-32-20-11-9-16-29(32)24-25-33(36)40(34)7/h8-25H,2H2,1,3-7H3/b14-12+,18-13+,30-17-,34-21-. The van der Waals surface area contributed by atoms with E-state index in [1.807, 2.05) is 24.3 Å². The molecule has 0 aromatic heterocycles. The van der Waals surface area contributed by atoms with Gasteiger partial charge in [0.25, 0.3) is 0 Å². The van der Waals surface area contributed by atoms with Crippen molar-refractivity contribution in [1.29, 1.82) is 0 Å². The van der Waals surface area contributed by atoms with E-state index < -0.39 is 0 Å². The number of nitrogens with zero attached hydrogens (tertiary/aromatic N) is 1. The van der Waals surface area contributed by atoms with Crippen molar-refractivity contribution in [3.63, 3.8) is 0 Å². The molecule has 4 aromatic carbocycles. The Balaban J connectivity index is 1.34. The van der Waals surface area contributed by atoms with Crippen molar-refractivity contribution >= 4 is 38.8 Å². The predicted octanol–water partition coefficient (Wildman–Crippen LogP) is 10.7. The second-order valence-electron chi connectivity index (χ2n) is 11.8. The number of anilines is 1. The molecule has 4 aromatic rings. The van der Waals surface area contributed by atoms with Crippen LogP contribution in [-0.2, 0) is 10.8 Å². The fourth-order valence-corrected chi connectivity index (χ4v) is 6.46. The van der Waals surface area contributed by atoms with Crippen LogP contribution in [0.5, 0.6) is 0 Å². The zero-order valence-corrected chi connectivity index (χ0v) is 25.2. The van der Waals surface area contributed by atoms with E-state index >= 15 is 0 Å². The highest BCUT2D eigenvalue weighted by Gasteiger charge is 2.39. The van der Waals surface area contributed by atoms with Crippen molar-refractivity contribution in [2.24, 2.45) is 0 Å². The van der Waals surface area contributed by atoms with Gasteiger partial charge in [0, 0.05) is 34.3 Å². The first-order valence-electron chi connectivity index (χ1n) is 13.9. The molecule has 1 heterocycles. The largest absolute Gasteiger partial charge is 0.347 e. The van der Waals surface area contributed by atoms with Crippen LogP contribution in [0.2, 0.25) is 0 Å². The third-order valence-electron chi connectivity index (χ3n) is 8.52. The number of allylic oxidation sites excluding steroid dienone is 9. The van der Waals surface area contributed by atoms with Gasteiger partial charge in [0.1, 0.15) is 0 Å². The Morgan fingerprint density at radius 2 is 1.48 bits per heavy atom. The molecular weight excluding hydrogens is 506 g/mol. The average Bonchev–Trinajstić information content (AvgIpc) is 3.13. The first-order valence-corrected chi connectivity index (χ1v) is 14.3. The number of fused-ring (bicyclic) bond motifs is 4. The molecule has 40 heavy (non-hydrogen) atoms. The molecule has 1 aliphatic rings. The van der Waals surface area contributed by atoms with Gasteiger partial charge in [-0.05, 0) is 75.0 Å². The lowest BCUT2D eigenvalue weighted by atomic mass is 9.74. The lowest BCUT2D eigenvalue weighted by Crippen LogP contribution is -2.22. The van der Waals surface area contributed by atoms with Crippen LogP contribution in [-0.4, -0.2) is 7.05 Å². The highest BCUT2D eigenvalue weighted by molar-refractivity contribution is 6.31. The average molecular weight is 544 g/mol. The minimum Gasteiger partial charge on any atom is -0.347 e. The van der Waals surface area contributed by atoms with Gasteiger partial charge in [0.15, 0.2) is 0 Å². The maximum absolute atomic E-state index is 6.61. The molecule has 1 nitrogen and oxygen atoms in total. The van der Waals surface area contributed by atoms with Crippen LogP contribution in [0.4, 0.5) is 5.69 Å². The molecule has 0 saturated carbocycles. The highest BCUT2D eigenvalue weighted by atomic mass is 35.5. The van der Waals surface area contributed by atoms with Crippen molar-refractivity contribution < 1.29 is 0 Å².